The van der Waals surface area contributed by atoms with Crippen molar-refractivity contribution in [2.75, 3.05) is 6.54 Å². The van der Waals surface area contributed by atoms with E-state index in [1.807, 2.05) is 18.4 Å². The molecule has 1 aromatic heterocycles. The average Bonchev–Trinajstić information content (AvgIpc) is 2.85. The first kappa shape index (κ1) is 13.2. The Labute approximate surface area is 109 Å². The lowest BCUT2D eigenvalue weighted by atomic mass is 10.1. The number of benzene rings is 1. The van der Waals surface area contributed by atoms with Crippen LogP contribution in [0.3, 0.4) is 0 Å². The predicted molar refractivity (Wildman–Crippen MR) is 70.8 cm³/mol. The fourth-order valence-electron chi connectivity index (χ4n) is 1.77. The Morgan fingerprint density at radius 3 is 2.72 bits per heavy atom. The molecule has 0 saturated heterocycles. The summed E-state index contributed by atoms with van der Waals surface area (Å²) >= 11 is 1.73. The average molecular weight is 267 g/mol. The van der Waals surface area contributed by atoms with E-state index in [2.05, 4.69) is 11.4 Å². The molecule has 0 spiro atoms. The molecule has 1 N–H and O–H groups in total. The Balaban J connectivity index is 1.87. The van der Waals surface area contributed by atoms with Gasteiger partial charge in [-0.15, -0.1) is 11.3 Å². The largest absolute Gasteiger partial charge is 0.310 e. The third-order valence-electron chi connectivity index (χ3n) is 2.85. The standard InChI is InChI=1S/C14H15F2NS/c1-10(11-4-5-13(15)14(16)9-11)17-7-6-12-3-2-8-18-12/h2-5,8-10,17H,6-7H2,1H3. The summed E-state index contributed by atoms with van der Waals surface area (Å²) in [4.78, 5) is 1.32. The molecule has 1 atom stereocenters. The van der Waals surface area contributed by atoms with Gasteiger partial charge in [-0.1, -0.05) is 12.1 Å². The predicted octanol–water partition coefficient (Wildman–Crippen LogP) is 3.92. The first-order chi connectivity index (χ1) is 8.66. The van der Waals surface area contributed by atoms with Gasteiger partial charge in [-0.2, -0.15) is 0 Å². The van der Waals surface area contributed by atoms with E-state index in [0.29, 0.717) is 0 Å². The van der Waals surface area contributed by atoms with Crippen molar-refractivity contribution in [1.29, 1.82) is 0 Å². The second kappa shape index (κ2) is 6.07. The van der Waals surface area contributed by atoms with E-state index in [9.17, 15) is 8.78 Å². The van der Waals surface area contributed by atoms with Gasteiger partial charge in [0.1, 0.15) is 0 Å². The molecule has 0 fully saturated rings. The van der Waals surface area contributed by atoms with E-state index >= 15 is 0 Å². The highest BCUT2D eigenvalue weighted by molar-refractivity contribution is 7.09. The highest BCUT2D eigenvalue weighted by Gasteiger charge is 2.08. The van der Waals surface area contributed by atoms with E-state index in [1.54, 1.807) is 17.4 Å². The number of nitrogens with one attached hydrogen (secondary N) is 1. The van der Waals surface area contributed by atoms with Crippen molar-refractivity contribution in [3.05, 3.63) is 57.8 Å². The third-order valence-corrected chi connectivity index (χ3v) is 3.78. The fourth-order valence-corrected chi connectivity index (χ4v) is 2.48. The summed E-state index contributed by atoms with van der Waals surface area (Å²) in [6, 6.07) is 8.16. The van der Waals surface area contributed by atoms with Crippen LogP contribution < -0.4 is 5.32 Å². The zero-order valence-electron chi connectivity index (χ0n) is 10.1. The van der Waals surface area contributed by atoms with Crippen LogP contribution in [0.2, 0.25) is 0 Å². The van der Waals surface area contributed by atoms with Crippen molar-refractivity contribution in [3.63, 3.8) is 0 Å². The molecular weight excluding hydrogens is 252 g/mol. The topological polar surface area (TPSA) is 12.0 Å². The Morgan fingerprint density at radius 1 is 1.22 bits per heavy atom. The molecule has 1 aromatic carbocycles. The lowest BCUT2D eigenvalue weighted by Gasteiger charge is -2.14. The second-order valence-electron chi connectivity index (χ2n) is 4.18. The number of hydrogen-bond donors (Lipinski definition) is 1. The summed E-state index contributed by atoms with van der Waals surface area (Å²) < 4.78 is 25.9. The normalized spacial score (nSPS) is 12.6. The first-order valence-electron chi connectivity index (χ1n) is 5.87. The van der Waals surface area contributed by atoms with Crippen molar-refractivity contribution < 1.29 is 8.78 Å². The maximum Gasteiger partial charge on any atom is 0.159 e. The van der Waals surface area contributed by atoms with Gasteiger partial charge in [0.2, 0.25) is 0 Å². The van der Waals surface area contributed by atoms with E-state index in [-0.39, 0.29) is 6.04 Å². The number of hydrogen-bond acceptors (Lipinski definition) is 2. The van der Waals surface area contributed by atoms with Crippen molar-refractivity contribution in [1.82, 2.24) is 5.32 Å². The minimum absolute atomic E-state index is 0.0139. The lowest BCUT2D eigenvalue weighted by Crippen LogP contribution is -2.21. The highest BCUT2D eigenvalue weighted by atomic mass is 32.1. The lowest BCUT2D eigenvalue weighted by molar-refractivity contribution is 0.501. The SMILES string of the molecule is CC(NCCc1cccs1)c1ccc(F)c(F)c1. The zero-order chi connectivity index (χ0) is 13.0. The number of halogens is 2. The van der Waals surface area contributed by atoms with E-state index < -0.39 is 11.6 Å². The van der Waals surface area contributed by atoms with Crippen molar-refractivity contribution in [2.24, 2.45) is 0 Å². The van der Waals surface area contributed by atoms with Crippen LogP contribution in [-0.4, -0.2) is 6.54 Å². The molecule has 0 bridgehead atoms. The number of thiophene rings is 1. The summed E-state index contributed by atoms with van der Waals surface area (Å²) in [5, 5.41) is 5.35. The van der Waals surface area contributed by atoms with Gasteiger partial charge >= 0.3 is 0 Å². The van der Waals surface area contributed by atoms with Crippen LogP contribution >= 0.6 is 11.3 Å². The molecule has 2 aromatic rings. The third kappa shape index (κ3) is 3.37. The highest BCUT2D eigenvalue weighted by Crippen LogP contribution is 2.16. The molecule has 0 radical (unpaired) electrons. The molecule has 0 aliphatic heterocycles. The van der Waals surface area contributed by atoms with Crippen molar-refractivity contribution in [3.8, 4) is 0 Å². The van der Waals surface area contributed by atoms with Gasteiger partial charge in [0.05, 0.1) is 0 Å². The summed E-state index contributed by atoms with van der Waals surface area (Å²) in [7, 11) is 0. The molecule has 0 amide bonds. The summed E-state index contributed by atoms with van der Waals surface area (Å²) in [6.45, 7) is 2.77. The molecule has 1 unspecified atom stereocenters. The van der Waals surface area contributed by atoms with Crippen LogP contribution in [0.1, 0.15) is 23.4 Å². The molecule has 0 aliphatic carbocycles. The quantitative estimate of drug-likeness (QED) is 0.865. The van der Waals surface area contributed by atoms with Crippen LogP contribution in [0.15, 0.2) is 35.7 Å². The molecular formula is C14H15F2NS. The van der Waals surface area contributed by atoms with Gasteiger partial charge in [0, 0.05) is 17.5 Å². The van der Waals surface area contributed by atoms with Gasteiger partial charge in [-0.3, -0.25) is 0 Å². The Hall–Kier alpha value is -1.26. The Kier molecular flexibility index (Phi) is 4.44. The van der Waals surface area contributed by atoms with Crippen LogP contribution in [-0.2, 0) is 6.42 Å². The maximum absolute atomic E-state index is 13.1. The minimum atomic E-state index is -0.801. The molecule has 0 aliphatic rings. The van der Waals surface area contributed by atoms with Gasteiger partial charge in [0.25, 0.3) is 0 Å². The van der Waals surface area contributed by atoms with Gasteiger partial charge in [-0.25, -0.2) is 8.78 Å². The van der Waals surface area contributed by atoms with Crippen LogP contribution in [0.4, 0.5) is 8.78 Å². The Bertz CT molecular complexity index is 497. The smallest absolute Gasteiger partial charge is 0.159 e. The second-order valence-corrected chi connectivity index (χ2v) is 5.21. The molecule has 0 saturated carbocycles. The van der Waals surface area contributed by atoms with Crippen LogP contribution in [0.25, 0.3) is 0 Å². The van der Waals surface area contributed by atoms with Gasteiger partial charge < -0.3 is 5.32 Å². The number of rotatable bonds is 5. The molecule has 18 heavy (non-hydrogen) atoms. The van der Waals surface area contributed by atoms with Crippen LogP contribution in [0.5, 0.6) is 0 Å². The van der Waals surface area contributed by atoms with Gasteiger partial charge in [-0.05, 0) is 42.5 Å². The van der Waals surface area contributed by atoms with E-state index in [0.717, 1.165) is 18.5 Å². The molecule has 1 nitrogen and oxygen atoms in total. The zero-order valence-corrected chi connectivity index (χ0v) is 10.9. The van der Waals surface area contributed by atoms with Gasteiger partial charge in [0.15, 0.2) is 11.6 Å². The molecule has 1 heterocycles. The minimum Gasteiger partial charge on any atom is -0.310 e. The van der Waals surface area contributed by atoms with Crippen molar-refractivity contribution in [2.45, 2.75) is 19.4 Å². The summed E-state index contributed by atoms with van der Waals surface area (Å²) in [6.07, 6.45) is 0.950. The van der Waals surface area contributed by atoms with Crippen molar-refractivity contribution >= 4 is 11.3 Å². The Morgan fingerprint density at radius 2 is 2.06 bits per heavy atom. The van der Waals surface area contributed by atoms with E-state index in [1.165, 1.54) is 17.0 Å². The monoisotopic (exact) mass is 267 g/mol. The summed E-state index contributed by atoms with van der Waals surface area (Å²) in [5.41, 5.74) is 0.764. The maximum atomic E-state index is 13.1. The first-order valence-corrected chi connectivity index (χ1v) is 6.75. The molecule has 96 valence electrons. The molecule has 2 rings (SSSR count). The summed E-state index contributed by atoms with van der Waals surface area (Å²) in [5.74, 6) is -1.59. The fraction of sp³-hybridized carbons (Fsp3) is 0.286. The van der Waals surface area contributed by atoms with Crippen LogP contribution in [0, 0.1) is 11.6 Å². The molecule has 4 heteroatoms. The van der Waals surface area contributed by atoms with E-state index in [4.69, 9.17) is 0 Å².